The summed E-state index contributed by atoms with van der Waals surface area (Å²) >= 11 is 0. The number of hydrogen-bond donors (Lipinski definition) is 0. The van der Waals surface area contributed by atoms with E-state index in [-0.39, 0.29) is 27.3 Å². The second-order valence-electron chi connectivity index (χ2n) is 15.6. The zero-order valence-electron chi connectivity index (χ0n) is 28.8. The molecule has 232 valence electrons. The molecule has 0 saturated carbocycles. The fourth-order valence-corrected chi connectivity index (χ4v) is 12.0. The molecule has 2 atom stereocenters. The molecule has 42 heavy (non-hydrogen) atoms. The van der Waals surface area contributed by atoms with Gasteiger partial charge >= 0.3 is 0 Å². The maximum atomic E-state index is 7.31. The van der Waals surface area contributed by atoms with Crippen LogP contribution >= 0.6 is 0 Å². The highest BCUT2D eigenvalue weighted by atomic mass is 28.4. The summed E-state index contributed by atoms with van der Waals surface area (Å²) in [5.74, 6) is 2.70. The Balaban J connectivity index is 2.59. The molecule has 2 aromatic rings. The predicted molar refractivity (Wildman–Crippen MR) is 190 cm³/mol. The van der Waals surface area contributed by atoms with Crippen LogP contribution in [0.25, 0.3) is 0 Å². The van der Waals surface area contributed by atoms with Crippen molar-refractivity contribution in [2.45, 2.75) is 122 Å². The minimum absolute atomic E-state index is 0.0570. The van der Waals surface area contributed by atoms with Crippen LogP contribution in [0.1, 0.15) is 68.7 Å². The summed E-state index contributed by atoms with van der Waals surface area (Å²) in [4.78, 5) is 0. The van der Waals surface area contributed by atoms with Crippen LogP contribution < -0.4 is 10.4 Å². The first-order valence-corrected chi connectivity index (χ1v) is 23.2. The third-order valence-corrected chi connectivity index (χ3v) is 23.4. The molecule has 0 fully saturated rings. The van der Waals surface area contributed by atoms with Crippen molar-refractivity contribution in [3.8, 4) is 12.3 Å². The van der Waals surface area contributed by atoms with Crippen molar-refractivity contribution in [3.63, 3.8) is 0 Å². The van der Waals surface area contributed by atoms with Crippen LogP contribution in [-0.2, 0) is 13.3 Å². The highest BCUT2D eigenvalue weighted by molar-refractivity contribution is 6.99. The molecule has 0 aromatic heterocycles. The van der Waals surface area contributed by atoms with E-state index in [9.17, 15) is 0 Å². The summed E-state index contributed by atoms with van der Waals surface area (Å²) in [7, 11) is -6.95. The van der Waals surface area contributed by atoms with E-state index in [4.69, 9.17) is 19.7 Å². The third kappa shape index (κ3) is 8.68. The van der Waals surface area contributed by atoms with E-state index in [1.54, 1.807) is 6.08 Å². The Morgan fingerprint density at radius 1 is 0.690 bits per heavy atom. The van der Waals surface area contributed by atoms with Crippen LogP contribution in [0.3, 0.4) is 0 Å². The quantitative estimate of drug-likeness (QED) is 0.175. The van der Waals surface area contributed by atoms with E-state index in [1.807, 2.05) is 6.08 Å². The summed E-state index contributed by atoms with van der Waals surface area (Å²) < 4.78 is 21.6. The van der Waals surface area contributed by atoms with Gasteiger partial charge in [-0.25, -0.2) is 0 Å². The van der Waals surface area contributed by atoms with Gasteiger partial charge in [0, 0.05) is 6.61 Å². The minimum atomic E-state index is -2.68. The van der Waals surface area contributed by atoms with E-state index in [1.165, 1.54) is 10.4 Å². The molecule has 0 saturated heterocycles. The SMILES string of the molecule is C#C/C=C/[C@@H](O[Si](C)(C)C(C)(C)C)[C@H](CCO[Si](c1ccccc1)(c1ccccc1)C(C)(C)C)O[Si](C)(C)C(C)(C)C. The van der Waals surface area contributed by atoms with Crippen LogP contribution in [0.15, 0.2) is 72.8 Å². The molecule has 0 aliphatic heterocycles. The van der Waals surface area contributed by atoms with Crippen LogP contribution in [0.4, 0.5) is 0 Å². The maximum Gasteiger partial charge on any atom is 0.261 e. The first-order valence-electron chi connectivity index (χ1n) is 15.4. The Labute approximate surface area is 261 Å². The van der Waals surface area contributed by atoms with Gasteiger partial charge in [-0.05, 0) is 70.2 Å². The molecule has 2 rings (SSSR count). The lowest BCUT2D eigenvalue weighted by Crippen LogP contribution is -2.66. The van der Waals surface area contributed by atoms with Gasteiger partial charge in [-0.15, -0.1) is 6.42 Å². The summed E-state index contributed by atoms with van der Waals surface area (Å²) in [6, 6.07) is 21.7. The molecule has 0 amide bonds. The van der Waals surface area contributed by atoms with Gasteiger partial charge in [-0.2, -0.15) is 0 Å². The lowest BCUT2D eigenvalue weighted by molar-refractivity contribution is 0.0471. The van der Waals surface area contributed by atoms with Gasteiger partial charge < -0.3 is 13.3 Å². The maximum absolute atomic E-state index is 7.31. The lowest BCUT2D eigenvalue weighted by atomic mass is 10.1. The van der Waals surface area contributed by atoms with Crippen LogP contribution in [0.2, 0.25) is 41.3 Å². The number of hydrogen-bond acceptors (Lipinski definition) is 3. The molecule has 0 heterocycles. The molecular formula is C36H58O3Si3. The lowest BCUT2D eigenvalue weighted by Gasteiger charge is -2.45. The van der Waals surface area contributed by atoms with E-state index in [0.29, 0.717) is 13.0 Å². The summed E-state index contributed by atoms with van der Waals surface area (Å²) in [6.45, 7) is 30.4. The first kappa shape index (κ1) is 36.5. The molecule has 0 spiro atoms. The highest BCUT2D eigenvalue weighted by Crippen LogP contribution is 2.42. The second-order valence-corrected chi connectivity index (χ2v) is 29.4. The molecule has 0 aliphatic carbocycles. The van der Waals surface area contributed by atoms with E-state index in [2.05, 4.69) is 155 Å². The Kier molecular flexibility index (Phi) is 12.1. The fraction of sp³-hybridized carbons (Fsp3) is 0.556. The van der Waals surface area contributed by atoms with E-state index >= 15 is 0 Å². The highest BCUT2D eigenvalue weighted by Gasteiger charge is 2.50. The molecule has 2 aromatic carbocycles. The number of allylic oxidation sites excluding steroid dienone is 1. The molecule has 0 radical (unpaired) electrons. The van der Waals surface area contributed by atoms with E-state index < -0.39 is 25.0 Å². The van der Waals surface area contributed by atoms with E-state index in [0.717, 1.165) is 0 Å². The smallest absolute Gasteiger partial charge is 0.261 e. The number of rotatable bonds is 12. The van der Waals surface area contributed by atoms with Crippen molar-refractivity contribution in [1.29, 1.82) is 0 Å². The Hall–Kier alpha value is -1.73. The van der Waals surface area contributed by atoms with Gasteiger partial charge in [0.25, 0.3) is 8.32 Å². The first-order chi connectivity index (χ1) is 19.2. The molecule has 0 bridgehead atoms. The monoisotopic (exact) mass is 622 g/mol. The Morgan fingerprint density at radius 3 is 1.50 bits per heavy atom. The van der Waals surface area contributed by atoms with Gasteiger partial charge in [0.05, 0.1) is 12.2 Å². The van der Waals surface area contributed by atoms with Crippen molar-refractivity contribution < 1.29 is 13.3 Å². The molecule has 0 N–H and O–H groups in total. The minimum Gasteiger partial charge on any atom is -0.411 e. The van der Waals surface area contributed by atoms with Crippen LogP contribution in [0, 0.1) is 12.3 Å². The van der Waals surface area contributed by atoms with Crippen molar-refractivity contribution in [2.24, 2.45) is 0 Å². The predicted octanol–water partition coefficient (Wildman–Crippen LogP) is 8.92. The number of benzene rings is 2. The number of terminal acetylenes is 1. The molecule has 3 nitrogen and oxygen atoms in total. The van der Waals surface area contributed by atoms with Crippen LogP contribution in [-0.4, -0.2) is 43.8 Å². The molecule has 6 heteroatoms. The summed E-state index contributed by atoms with van der Waals surface area (Å²) in [5.41, 5.74) is 0. The van der Waals surface area contributed by atoms with Crippen molar-refractivity contribution in [2.75, 3.05) is 6.61 Å². The molecular weight excluding hydrogens is 565 g/mol. The molecule has 0 unspecified atom stereocenters. The second kappa shape index (κ2) is 13.9. The van der Waals surface area contributed by atoms with Gasteiger partial charge in [-0.1, -0.05) is 129 Å². The van der Waals surface area contributed by atoms with Crippen molar-refractivity contribution >= 4 is 35.3 Å². The topological polar surface area (TPSA) is 27.7 Å². The van der Waals surface area contributed by atoms with Crippen molar-refractivity contribution in [1.82, 2.24) is 0 Å². The third-order valence-electron chi connectivity index (χ3n) is 9.38. The van der Waals surface area contributed by atoms with Crippen molar-refractivity contribution in [3.05, 3.63) is 72.8 Å². The fourth-order valence-electron chi connectivity index (χ4n) is 4.84. The van der Waals surface area contributed by atoms with Gasteiger partial charge in [0.2, 0.25) is 0 Å². The van der Waals surface area contributed by atoms with Gasteiger partial charge in [0.15, 0.2) is 16.6 Å². The summed E-state index contributed by atoms with van der Waals surface area (Å²) in [6.07, 6.45) is 9.83. The Bertz CT molecular complexity index is 1140. The Morgan fingerprint density at radius 2 is 1.12 bits per heavy atom. The zero-order chi connectivity index (χ0) is 32.0. The molecule has 0 aliphatic rings. The summed E-state index contributed by atoms with van der Waals surface area (Å²) in [5, 5.41) is 2.59. The zero-order valence-corrected chi connectivity index (χ0v) is 31.8. The largest absolute Gasteiger partial charge is 0.411 e. The average molecular weight is 623 g/mol. The average Bonchev–Trinajstić information content (AvgIpc) is 2.87. The van der Waals surface area contributed by atoms with Crippen LogP contribution in [0.5, 0.6) is 0 Å². The normalized spacial score (nSPS) is 15.4. The standard InChI is InChI=1S/C36H58O3Si3/c1-15-16-27-32(38-40(11,12)34(2,3)4)33(39-41(13,14)35(5,6)7)28-29-37-42(36(8,9)10,30-23-19-17-20-24-30)31-25-21-18-22-26-31/h1,16-27,32-33H,28-29H2,2-14H3/b27-16+/t32-,33+/m1/s1. The van der Waals surface area contributed by atoms with Gasteiger partial charge in [0.1, 0.15) is 0 Å². The van der Waals surface area contributed by atoms with Gasteiger partial charge in [-0.3, -0.25) is 0 Å².